The van der Waals surface area contributed by atoms with Gasteiger partial charge in [0.15, 0.2) is 0 Å². The molecule has 0 aliphatic rings. The first-order chi connectivity index (χ1) is 8.72. The zero-order chi connectivity index (χ0) is 13.2. The topological polar surface area (TPSA) is 39.2 Å². The number of hydrogen-bond donors (Lipinski definition) is 0. The Morgan fingerprint density at radius 3 is 2.83 bits per heavy atom. The van der Waals surface area contributed by atoms with Gasteiger partial charge in [-0.25, -0.2) is 0 Å². The van der Waals surface area contributed by atoms with Crippen LogP contribution in [0, 0.1) is 0 Å². The van der Waals surface area contributed by atoms with Crippen molar-refractivity contribution in [2.45, 2.75) is 39.2 Å². The zero-order valence-corrected chi connectivity index (χ0v) is 11.9. The number of rotatable bonds is 8. The van der Waals surface area contributed by atoms with Gasteiger partial charge < -0.3 is 4.74 Å². The molecule has 0 amide bonds. The highest BCUT2D eigenvalue weighted by Gasteiger charge is 2.07. The van der Waals surface area contributed by atoms with Crippen LogP contribution in [0.15, 0.2) is 24.5 Å². The average Bonchev–Trinajstić information content (AvgIpc) is 2.39. The van der Waals surface area contributed by atoms with Gasteiger partial charge in [-0.15, -0.1) is 0 Å². The average molecular weight is 267 g/mol. The van der Waals surface area contributed by atoms with Crippen LogP contribution >= 0.6 is 11.8 Å². The van der Waals surface area contributed by atoms with Gasteiger partial charge in [0.1, 0.15) is 0 Å². The molecule has 0 N–H and O–H groups in total. The summed E-state index contributed by atoms with van der Waals surface area (Å²) in [7, 11) is 0. The van der Waals surface area contributed by atoms with Crippen molar-refractivity contribution in [2.24, 2.45) is 0 Å². The molecule has 1 aromatic rings. The fraction of sp³-hybridized carbons (Fsp3) is 0.571. The Morgan fingerprint density at radius 2 is 2.17 bits per heavy atom. The van der Waals surface area contributed by atoms with Gasteiger partial charge in [0.25, 0.3) is 0 Å². The van der Waals surface area contributed by atoms with Crippen LogP contribution in [-0.4, -0.2) is 28.6 Å². The summed E-state index contributed by atoms with van der Waals surface area (Å²) in [5.74, 6) is 1.34. The van der Waals surface area contributed by atoms with Crippen molar-refractivity contribution in [3.05, 3.63) is 30.1 Å². The SMILES string of the molecule is CCC(C)OC(=O)CSCCCc1ccncc1. The lowest BCUT2D eigenvalue weighted by atomic mass is 10.2. The van der Waals surface area contributed by atoms with Crippen LogP contribution in [0.5, 0.6) is 0 Å². The standard InChI is InChI=1S/C14H21NO2S/c1-3-12(2)17-14(16)11-18-10-4-5-13-6-8-15-9-7-13/h6-9,12H,3-5,10-11H2,1-2H3. The van der Waals surface area contributed by atoms with Crippen LogP contribution in [0.3, 0.4) is 0 Å². The normalized spacial score (nSPS) is 12.1. The Hall–Kier alpha value is -1.03. The Balaban J connectivity index is 2.03. The molecule has 0 aliphatic heterocycles. The van der Waals surface area contributed by atoms with Crippen molar-refractivity contribution in [1.82, 2.24) is 4.98 Å². The first-order valence-corrected chi connectivity index (χ1v) is 7.54. The molecule has 0 saturated carbocycles. The van der Waals surface area contributed by atoms with Gasteiger partial charge in [-0.3, -0.25) is 9.78 Å². The molecular weight excluding hydrogens is 246 g/mol. The number of carbonyl (C=O) groups excluding carboxylic acids is 1. The maximum absolute atomic E-state index is 11.4. The molecule has 1 aromatic heterocycles. The van der Waals surface area contributed by atoms with Gasteiger partial charge in [-0.2, -0.15) is 11.8 Å². The fourth-order valence-corrected chi connectivity index (χ4v) is 2.15. The summed E-state index contributed by atoms with van der Waals surface area (Å²) in [6.07, 6.45) is 6.65. The van der Waals surface area contributed by atoms with Crippen molar-refractivity contribution in [2.75, 3.05) is 11.5 Å². The first kappa shape index (κ1) is 15.0. The van der Waals surface area contributed by atoms with Crippen molar-refractivity contribution in [3.63, 3.8) is 0 Å². The van der Waals surface area contributed by atoms with Gasteiger partial charge in [-0.05, 0) is 49.6 Å². The molecule has 1 atom stereocenters. The molecule has 4 heteroatoms. The molecule has 3 nitrogen and oxygen atoms in total. The highest BCUT2D eigenvalue weighted by molar-refractivity contribution is 7.99. The van der Waals surface area contributed by atoms with E-state index < -0.39 is 0 Å². The van der Waals surface area contributed by atoms with E-state index in [1.54, 1.807) is 11.8 Å². The first-order valence-electron chi connectivity index (χ1n) is 6.38. The summed E-state index contributed by atoms with van der Waals surface area (Å²) in [5, 5.41) is 0. The molecule has 0 aliphatic carbocycles. The van der Waals surface area contributed by atoms with Crippen LogP contribution in [0.1, 0.15) is 32.3 Å². The number of hydrogen-bond acceptors (Lipinski definition) is 4. The second kappa shape index (κ2) is 8.97. The Labute approximate surface area is 113 Å². The molecule has 1 rings (SSSR count). The molecule has 100 valence electrons. The van der Waals surface area contributed by atoms with Crippen LogP contribution in [0.25, 0.3) is 0 Å². The lowest BCUT2D eigenvalue weighted by Gasteiger charge is -2.10. The molecule has 0 fully saturated rings. The number of aryl methyl sites for hydroxylation is 1. The summed E-state index contributed by atoms with van der Waals surface area (Å²) < 4.78 is 5.20. The minimum absolute atomic E-state index is 0.0370. The van der Waals surface area contributed by atoms with Crippen LogP contribution < -0.4 is 0 Å². The third-order valence-electron chi connectivity index (χ3n) is 2.63. The van der Waals surface area contributed by atoms with Crippen molar-refractivity contribution >= 4 is 17.7 Å². The molecule has 1 heterocycles. The number of pyridine rings is 1. The van der Waals surface area contributed by atoms with Crippen LogP contribution in [0.4, 0.5) is 0 Å². The largest absolute Gasteiger partial charge is 0.462 e. The Morgan fingerprint density at radius 1 is 1.44 bits per heavy atom. The van der Waals surface area contributed by atoms with E-state index in [1.165, 1.54) is 5.56 Å². The predicted molar refractivity (Wildman–Crippen MR) is 75.7 cm³/mol. The second-order valence-electron chi connectivity index (χ2n) is 4.22. The monoisotopic (exact) mass is 267 g/mol. The van der Waals surface area contributed by atoms with E-state index in [4.69, 9.17) is 4.74 Å². The zero-order valence-electron chi connectivity index (χ0n) is 11.1. The maximum atomic E-state index is 11.4. The maximum Gasteiger partial charge on any atom is 0.316 e. The third-order valence-corrected chi connectivity index (χ3v) is 3.65. The fourth-order valence-electron chi connectivity index (χ4n) is 1.43. The number of ether oxygens (including phenoxy) is 1. The molecule has 1 unspecified atom stereocenters. The summed E-state index contributed by atoms with van der Waals surface area (Å²) in [6, 6.07) is 4.06. The molecule has 0 aromatic carbocycles. The quantitative estimate of drug-likeness (QED) is 0.536. The number of thioether (sulfide) groups is 1. The van der Waals surface area contributed by atoms with Gasteiger partial charge in [-0.1, -0.05) is 6.92 Å². The molecule has 0 bridgehead atoms. The van der Waals surface area contributed by atoms with Gasteiger partial charge >= 0.3 is 5.97 Å². The Kier molecular flexibility index (Phi) is 7.49. The van der Waals surface area contributed by atoms with E-state index >= 15 is 0 Å². The van der Waals surface area contributed by atoms with E-state index in [1.807, 2.05) is 38.4 Å². The van der Waals surface area contributed by atoms with E-state index in [0.29, 0.717) is 5.75 Å². The highest BCUT2D eigenvalue weighted by atomic mass is 32.2. The van der Waals surface area contributed by atoms with Gasteiger partial charge in [0, 0.05) is 12.4 Å². The molecule has 0 radical (unpaired) electrons. The van der Waals surface area contributed by atoms with E-state index in [-0.39, 0.29) is 12.1 Å². The summed E-state index contributed by atoms with van der Waals surface area (Å²) in [5.41, 5.74) is 1.30. The number of esters is 1. The van der Waals surface area contributed by atoms with Crippen LogP contribution in [0.2, 0.25) is 0 Å². The van der Waals surface area contributed by atoms with Crippen molar-refractivity contribution < 1.29 is 9.53 Å². The van der Waals surface area contributed by atoms with Crippen molar-refractivity contribution in [3.8, 4) is 0 Å². The van der Waals surface area contributed by atoms with E-state index in [0.717, 1.165) is 25.0 Å². The minimum atomic E-state index is -0.0988. The molecular formula is C14H21NO2S. The van der Waals surface area contributed by atoms with Crippen molar-refractivity contribution in [1.29, 1.82) is 0 Å². The summed E-state index contributed by atoms with van der Waals surface area (Å²) in [6.45, 7) is 3.94. The highest BCUT2D eigenvalue weighted by Crippen LogP contribution is 2.08. The number of aromatic nitrogens is 1. The molecule has 0 saturated heterocycles. The Bertz CT molecular complexity index is 343. The third kappa shape index (κ3) is 6.64. The predicted octanol–water partition coefficient (Wildman–Crippen LogP) is 3.09. The molecule has 0 spiro atoms. The van der Waals surface area contributed by atoms with Gasteiger partial charge in [0.05, 0.1) is 11.9 Å². The smallest absolute Gasteiger partial charge is 0.316 e. The molecule has 18 heavy (non-hydrogen) atoms. The number of nitrogens with zero attached hydrogens (tertiary/aromatic N) is 1. The second-order valence-corrected chi connectivity index (χ2v) is 5.33. The minimum Gasteiger partial charge on any atom is -0.462 e. The number of carbonyl (C=O) groups is 1. The van der Waals surface area contributed by atoms with E-state index in [2.05, 4.69) is 4.98 Å². The van der Waals surface area contributed by atoms with Gasteiger partial charge in [0.2, 0.25) is 0 Å². The lowest BCUT2D eigenvalue weighted by Crippen LogP contribution is -2.15. The van der Waals surface area contributed by atoms with Crippen LogP contribution in [-0.2, 0) is 16.0 Å². The van der Waals surface area contributed by atoms with E-state index in [9.17, 15) is 4.79 Å². The summed E-state index contributed by atoms with van der Waals surface area (Å²) in [4.78, 5) is 15.4. The lowest BCUT2D eigenvalue weighted by molar-refractivity contribution is -0.144. The summed E-state index contributed by atoms with van der Waals surface area (Å²) >= 11 is 1.64.